The predicted molar refractivity (Wildman–Crippen MR) is 91.9 cm³/mol. The van der Waals surface area contributed by atoms with E-state index < -0.39 is 30.5 Å². The normalized spacial score (nSPS) is 11.7. The van der Waals surface area contributed by atoms with Gasteiger partial charge in [-0.3, -0.25) is 4.79 Å². The summed E-state index contributed by atoms with van der Waals surface area (Å²) in [6, 6.07) is 6.14. The van der Waals surface area contributed by atoms with Gasteiger partial charge in [0.15, 0.2) is 6.61 Å². The van der Waals surface area contributed by atoms with E-state index in [2.05, 4.69) is 10.1 Å². The van der Waals surface area contributed by atoms with Gasteiger partial charge in [-0.05, 0) is 42.9 Å². The Morgan fingerprint density at radius 3 is 2.29 bits per heavy atom. The minimum atomic E-state index is -0.748. The molecule has 24 heavy (non-hydrogen) atoms. The van der Waals surface area contributed by atoms with E-state index in [1.165, 1.54) is 7.11 Å². The molecule has 7 heteroatoms. The highest BCUT2D eigenvalue weighted by molar-refractivity contribution is 7.98. The van der Waals surface area contributed by atoms with E-state index in [0.29, 0.717) is 12.0 Å². The third kappa shape index (κ3) is 6.62. The van der Waals surface area contributed by atoms with Gasteiger partial charge in [0.2, 0.25) is 0 Å². The molecule has 0 aromatic heterocycles. The van der Waals surface area contributed by atoms with E-state index in [1.807, 2.05) is 20.1 Å². The van der Waals surface area contributed by atoms with Crippen molar-refractivity contribution in [1.29, 1.82) is 0 Å². The lowest BCUT2D eigenvalue weighted by molar-refractivity contribution is -0.145. The summed E-state index contributed by atoms with van der Waals surface area (Å²) in [5.74, 6) is -1.45. The van der Waals surface area contributed by atoms with Gasteiger partial charge in [0.05, 0.1) is 12.7 Å². The fourth-order valence-electron chi connectivity index (χ4n) is 2.01. The predicted octanol–water partition coefficient (Wildman–Crippen LogP) is 2.27. The van der Waals surface area contributed by atoms with Crippen LogP contribution in [0.15, 0.2) is 29.2 Å². The molecule has 0 bridgehead atoms. The van der Waals surface area contributed by atoms with E-state index in [4.69, 9.17) is 4.74 Å². The van der Waals surface area contributed by atoms with Crippen LogP contribution in [-0.2, 0) is 19.1 Å². The number of methoxy groups -OCH3 is 1. The molecule has 0 aliphatic carbocycles. The van der Waals surface area contributed by atoms with E-state index in [0.717, 1.165) is 4.90 Å². The van der Waals surface area contributed by atoms with Crippen molar-refractivity contribution in [3.05, 3.63) is 29.8 Å². The topological polar surface area (TPSA) is 81.7 Å². The number of hydrogen-bond acceptors (Lipinski definition) is 6. The molecule has 0 aliphatic rings. The third-order valence-electron chi connectivity index (χ3n) is 3.19. The van der Waals surface area contributed by atoms with Gasteiger partial charge in [0.25, 0.3) is 5.91 Å². The van der Waals surface area contributed by atoms with Crippen LogP contribution in [0.2, 0.25) is 0 Å². The van der Waals surface area contributed by atoms with Gasteiger partial charge in [0.1, 0.15) is 6.04 Å². The summed E-state index contributed by atoms with van der Waals surface area (Å²) < 4.78 is 9.64. The number of carbonyl (C=O) groups is 3. The van der Waals surface area contributed by atoms with E-state index in [9.17, 15) is 14.4 Å². The lowest BCUT2D eigenvalue weighted by atomic mass is 10.0. The number of amides is 1. The van der Waals surface area contributed by atoms with Crippen LogP contribution in [0.5, 0.6) is 0 Å². The van der Waals surface area contributed by atoms with Crippen LogP contribution in [0.25, 0.3) is 0 Å². The van der Waals surface area contributed by atoms with Crippen molar-refractivity contribution in [2.45, 2.75) is 31.2 Å². The summed E-state index contributed by atoms with van der Waals surface area (Å²) in [4.78, 5) is 36.5. The van der Waals surface area contributed by atoms with Crippen LogP contribution >= 0.6 is 11.8 Å². The lowest BCUT2D eigenvalue weighted by Crippen LogP contribution is -2.44. The van der Waals surface area contributed by atoms with Crippen LogP contribution in [-0.4, -0.2) is 43.9 Å². The Morgan fingerprint density at radius 2 is 1.79 bits per heavy atom. The average Bonchev–Trinajstić information content (AvgIpc) is 2.58. The monoisotopic (exact) mass is 353 g/mol. The molecule has 0 radical (unpaired) electrons. The molecule has 132 valence electrons. The molecule has 1 aromatic rings. The number of nitrogens with one attached hydrogen (secondary N) is 1. The zero-order valence-electron chi connectivity index (χ0n) is 14.3. The number of benzene rings is 1. The third-order valence-corrected chi connectivity index (χ3v) is 3.93. The van der Waals surface area contributed by atoms with Gasteiger partial charge in [-0.1, -0.05) is 13.8 Å². The maximum atomic E-state index is 11.9. The second-order valence-corrected chi connectivity index (χ2v) is 6.46. The maximum absolute atomic E-state index is 11.9. The van der Waals surface area contributed by atoms with Crippen molar-refractivity contribution < 1.29 is 23.9 Å². The maximum Gasteiger partial charge on any atom is 0.338 e. The highest BCUT2D eigenvalue weighted by Gasteiger charge is 2.23. The first-order valence-corrected chi connectivity index (χ1v) is 8.78. The van der Waals surface area contributed by atoms with Crippen LogP contribution in [0.4, 0.5) is 0 Å². The largest absolute Gasteiger partial charge is 0.467 e. The van der Waals surface area contributed by atoms with Crippen LogP contribution in [0.1, 0.15) is 30.6 Å². The van der Waals surface area contributed by atoms with Gasteiger partial charge in [0, 0.05) is 4.90 Å². The molecule has 1 N–H and O–H groups in total. The number of rotatable bonds is 8. The van der Waals surface area contributed by atoms with Gasteiger partial charge < -0.3 is 14.8 Å². The molecule has 0 aliphatic heterocycles. The Hall–Kier alpha value is -2.02. The molecule has 0 fully saturated rings. The summed E-state index contributed by atoms with van der Waals surface area (Å²) in [7, 11) is 1.26. The second kappa shape index (κ2) is 9.97. The van der Waals surface area contributed by atoms with Crippen molar-refractivity contribution in [3.63, 3.8) is 0 Å². The molecule has 1 amide bonds. The Bertz CT molecular complexity index is 571. The van der Waals surface area contributed by atoms with Crippen molar-refractivity contribution in [3.8, 4) is 0 Å². The first kappa shape index (κ1) is 20.0. The van der Waals surface area contributed by atoms with Crippen LogP contribution in [0.3, 0.4) is 0 Å². The molecule has 0 heterocycles. The summed E-state index contributed by atoms with van der Waals surface area (Å²) >= 11 is 1.56. The SMILES string of the molecule is COC(=O)[C@@H](CC(C)C)NC(=O)COC(=O)c1ccc(SC)cc1. The molecule has 0 spiro atoms. The van der Waals surface area contributed by atoms with Crippen molar-refractivity contribution >= 4 is 29.6 Å². The first-order valence-electron chi connectivity index (χ1n) is 7.55. The quantitative estimate of drug-likeness (QED) is 0.570. The molecular formula is C17H23NO5S. The van der Waals surface area contributed by atoms with Crippen molar-refractivity contribution in [1.82, 2.24) is 5.32 Å². The number of ether oxygens (including phenoxy) is 2. The summed E-state index contributed by atoms with van der Waals surface area (Å²) in [6.45, 7) is 3.41. The van der Waals surface area contributed by atoms with E-state index >= 15 is 0 Å². The van der Waals surface area contributed by atoms with E-state index in [-0.39, 0.29) is 5.92 Å². The van der Waals surface area contributed by atoms with Crippen molar-refractivity contribution in [2.75, 3.05) is 20.0 Å². The molecular weight excluding hydrogens is 330 g/mol. The summed E-state index contributed by atoms with van der Waals surface area (Å²) in [5.41, 5.74) is 0.368. The molecule has 1 rings (SSSR count). The highest BCUT2D eigenvalue weighted by atomic mass is 32.2. The highest BCUT2D eigenvalue weighted by Crippen LogP contribution is 2.15. The van der Waals surface area contributed by atoms with Gasteiger partial charge in [-0.15, -0.1) is 11.8 Å². The zero-order chi connectivity index (χ0) is 18.1. The van der Waals surface area contributed by atoms with E-state index in [1.54, 1.807) is 36.0 Å². The number of hydrogen-bond donors (Lipinski definition) is 1. The number of thioether (sulfide) groups is 1. The number of esters is 2. The Morgan fingerprint density at radius 1 is 1.17 bits per heavy atom. The Balaban J connectivity index is 2.53. The standard InChI is InChI=1S/C17H23NO5S/c1-11(2)9-14(17(21)22-3)18-15(19)10-23-16(20)12-5-7-13(24-4)8-6-12/h5-8,11,14H,9-10H2,1-4H3,(H,18,19)/t14-/m1/s1. The molecule has 1 aromatic carbocycles. The van der Waals surface area contributed by atoms with Crippen LogP contribution in [0, 0.1) is 5.92 Å². The summed E-state index contributed by atoms with van der Waals surface area (Å²) in [5, 5.41) is 2.53. The Labute approximate surface area is 146 Å². The summed E-state index contributed by atoms with van der Waals surface area (Å²) in [6.07, 6.45) is 2.38. The van der Waals surface area contributed by atoms with Crippen molar-refractivity contribution in [2.24, 2.45) is 5.92 Å². The Kier molecular flexibility index (Phi) is 8.32. The van der Waals surface area contributed by atoms with Crippen LogP contribution < -0.4 is 5.32 Å². The first-order chi connectivity index (χ1) is 11.4. The average molecular weight is 353 g/mol. The van der Waals surface area contributed by atoms with Gasteiger partial charge >= 0.3 is 11.9 Å². The molecule has 0 unspecified atom stereocenters. The second-order valence-electron chi connectivity index (χ2n) is 5.58. The van der Waals surface area contributed by atoms with Gasteiger partial charge in [-0.2, -0.15) is 0 Å². The smallest absolute Gasteiger partial charge is 0.338 e. The number of carbonyl (C=O) groups excluding carboxylic acids is 3. The minimum Gasteiger partial charge on any atom is -0.467 e. The minimum absolute atomic E-state index is 0.201. The van der Waals surface area contributed by atoms with Gasteiger partial charge in [-0.25, -0.2) is 9.59 Å². The molecule has 6 nitrogen and oxygen atoms in total. The fraction of sp³-hybridized carbons (Fsp3) is 0.471. The zero-order valence-corrected chi connectivity index (χ0v) is 15.1. The lowest BCUT2D eigenvalue weighted by Gasteiger charge is -2.18. The fourth-order valence-corrected chi connectivity index (χ4v) is 2.41. The molecule has 0 saturated carbocycles. The molecule has 0 saturated heterocycles. The molecule has 1 atom stereocenters.